The Balaban J connectivity index is 1.80. The van der Waals surface area contributed by atoms with Crippen molar-refractivity contribution in [2.24, 2.45) is 5.41 Å². The van der Waals surface area contributed by atoms with Crippen molar-refractivity contribution in [3.63, 3.8) is 0 Å². The molecule has 2 aliphatic rings. The minimum atomic E-state index is 0.675. The summed E-state index contributed by atoms with van der Waals surface area (Å²) >= 11 is 0. The van der Waals surface area contributed by atoms with E-state index in [-0.39, 0.29) is 0 Å². The topological polar surface area (TPSA) is 12.0 Å². The van der Waals surface area contributed by atoms with Crippen molar-refractivity contribution in [2.75, 3.05) is 0 Å². The lowest BCUT2D eigenvalue weighted by Crippen LogP contribution is -2.32. The highest BCUT2D eigenvalue weighted by Crippen LogP contribution is 2.57. The van der Waals surface area contributed by atoms with Crippen molar-refractivity contribution in [2.45, 2.75) is 58.0 Å². The first-order chi connectivity index (χ1) is 5.20. The predicted molar refractivity (Wildman–Crippen MR) is 47.6 cm³/mol. The van der Waals surface area contributed by atoms with Crippen LogP contribution in [0.2, 0.25) is 0 Å². The standard InChI is InChI=1S/C10H19N/c1-8(2)11-9-3-4-10(7-9)5-6-10/h8-9,11H,3-7H2,1-2H3. The van der Waals surface area contributed by atoms with Gasteiger partial charge >= 0.3 is 0 Å². The highest BCUT2D eigenvalue weighted by molar-refractivity contribution is 5.01. The Morgan fingerprint density at radius 1 is 1.27 bits per heavy atom. The number of nitrogens with one attached hydrogen (secondary N) is 1. The van der Waals surface area contributed by atoms with Crippen molar-refractivity contribution in [1.29, 1.82) is 0 Å². The van der Waals surface area contributed by atoms with E-state index in [4.69, 9.17) is 0 Å². The first kappa shape index (κ1) is 7.60. The van der Waals surface area contributed by atoms with Crippen LogP contribution in [0, 0.1) is 5.41 Å². The van der Waals surface area contributed by atoms with Gasteiger partial charge in [-0.05, 0) is 37.5 Å². The third-order valence-electron chi connectivity index (χ3n) is 3.23. The van der Waals surface area contributed by atoms with Gasteiger partial charge in [0.25, 0.3) is 0 Å². The summed E-state index contributed by atoms with van der Waals surface area (Å²) < 4.78 is 0. The van der Waals surface area contributed by atoms with E-state index >= 15 is 0 Å². The van der Waals surface area contributed by atoms with Crippen LogP contribution in [0.3, 0.4) is 0 Å². The molecule has 11 heavy (non-hydrogen) atoms. The van der Waals surface area contributed by atoms with Gasteiger partial charge in [-0.1, -0.05) is 13.8 Å². The molecule has 64 valence electrons. The molecule has 0 aromatic carbocycles. The lowest BCUT2D eigenvalue weighted by Gasteiger charge is -2.15. The van der Waals surface area contributed by atoms with Gasteiger partial charge in [-0.3, -0.25) is 0 Å². The highest BCUT2D eigenvalue weighted by Gasteiger charge is 2.47. The molecule has 1 atom stereocenters. The molecule has 0 aromatic rings. The summed E-state index contributed by atoms with van der Waals surface area (Å²) in [4.78, 5) is 0. The normalized spacial score (nSPS) is 33.5. The van der Waals surface area contributed by atoms with Crippen LogP contribution in [0.15, 0.2) is 0 Å². The van der Waals surface area contributed by atoms with Gasteiger partial charge in [0, 0.05) is 12.1 Å². The largest absolute Gasteiger partial charge is 0.312 e. The van der Waals surface area contributed by atoms with E-state index in [1.54, 1.807) is 0 Å². The van der Waals surface area contributed by atoms with E-state index in [1.807, 2.05) is 0 Å². The number of hydrogen-bond donors (Lipinski definition) is 1. The van der Waals surface area contributed by atoms with Crippen LogP contribution in [0.5, 0.6) is 0 Å². The molecule has 0 amide bonds. The zero-order valence-corrected chi connectivity index (χ0v) is 7.69. The predicted octanol–water partition coefficient (Wildman–Crippen LogP) is 2.32. The maximum atomic E-state index is 3.64. The molecule has 1 nitrogen and oxygen atoms in total. The van der Waals surface area contributed by atoms with Crippen molar-refractivity contribution in [3.05, 3.63) is 0 Å². The van der Waals surface area contributed by atoms with Crippen LogP contribution in [0.1, 0.15) is 46.0 Å². The van der Waals surface area contributed by atoms with Crippen LogP contribution in [0.4, 0.5) is 0 Å². The van der Waals surface area contributed by atoms with Crippen molar-refractivity contribution >= 4 is 0 Å². The highest BCUT2D eigenvalue weighted by atomic mass is 14.9. The van der Waals surface area contributed by atoms with E-state index in [9.17, 15) is 0 Å². The molecule has 2 aliphatic carbocycles. The summed E-state index contributed by atoms with van der Waals surface area (Å²) in [6.07, 6.45) is 7.42. The fourth-order valence-electron chi connectivity index (χ4n) is 2.45. The van der Waals surface area contributed by atoms with E-state index in [2.05, 4.69) is 19.2 Å². The van der Waals surface area contributed by atoms with E-state index < -0.39 is 0 Å². The molecular weight excluding hydrogens is 134 g/mol. The Hall–Kier alpha value is -0.0400. The van der Waals surface area contributed by atoms with Gasteiger partial charge in [-0.15, -0.1) is 0 Å². The average Bonchev–Trinajstić information content (AvgIpc) is 2.51. The summed E-state index contributed by atoms with van der Waals surface area (Å²) in [6.45, 7) is 4.50. The Morgan fingerprint density at radius 2 is 2.00 bits per heavy atom. The molecule has 1 heteroatoms. The first-order valence-electron chi connectivity index (χ1n) is 4.96. The van der Waals surface area contributed by atoms with Crippen molar-refractivity contribution in [3.8, 4) is 0 Å². The van der Waals surface area contributed by atoms with Gasteiger partial charge in [-0.2, -0.15) is 0 Å². The molecule has 0 heterocycles. The third kappa shape index (κ3) is 1.58. The molecule has 0 bridgehead atoms. The zero-order valence-electron chi connectivity index (χ0n) is 7.69. The van der Waals surface area contributed by atoms with Crippen LogP contribution in [-0.2, 0) is 0 Å². The monoisotopic (exact) mass is 153 g/mol. The Labute approximate surface area is 69.6 Å². The maximum absolute atomic E-state index is 3.64. The summed E-state index contributed by atoms with van der Waals surface area (Å²) in [7, 11) is 0. The molecular formula is C10H19N. The van der Waals surface area contributed by atoms with Gasteiger partial charge in [0.2, 0.25) is 0 Å². The molecule has 0 saturated heterocycles. The van der Waals surface area contributed by atoms with Gasteiger partial charge in [0.15, 0.2) is 0 Å². The SMILES string of the molecule is CC(C)NC1CCC2(CC2)C1. The van der Waals surface area contributed by atoms with Gasteiger partial charge in [-0.25, -0.2) is 0 Å². The first-order valence-corrected chi connectivity index (χ1v) is 4.96. The minimum absolute atomic E-state index is 0.675. The molecule has 0 aromatic heterocycles. The molecule has 1 spiro atoms. The second-order valence-electron chi connectivity index (χ2n) is 4.76. The third-order valence-corrected chi connectivity index (χ3v) is 3.23. The van der Waals surface area contributed by atoms with Crippen LogP contribution in [0.25, 0.3) is 0 Å². The Kier molecular flexibility index (Phi) is 1.71. The van der Waals surface area contributed by atoms with Gasteiger partial charge in [0.1, 0.15) is 0 Å². The quantitative estimate of drug-likeness (QED) is 0.642. The van der Waals surface area contributed by atoms with Crippen LogP contribution < -0.4 is 5.32 Å². The maximum Gasteiger partial charge on any atom is 0.00749 e. The molecule has 2 saturated carbocycles. The summed E-state index contributed by atoms with van der Waals surface area (Å²) in [6, 6.07) is 1.52. The molecule has 1 N–H and O–H groups in total. The molecule has 2 fully saturated rings. The smallest absolute Gasteiger partial charge is 0.00749 e. The Morgan fingerprint density at radius 3 is 2.45 bits per heavy atom. The second-order valence-corrected chi connectivity index (χ2v) is 4.76. The van der Waals surface area contributed by atoms with E-state index in [0.29, 0.717) is 6.04 Å². The molecule has 0 radical (unpaired) electrons. The van der Waals surface area contributed by atoms with Crippen LogP contribution in [-0.4, -0.2) is 12.1 Å². The fourth-order valence-corrected chi connectivity index (χ4v) is 2.45. The Bertz CT molecular complexity index is 147. The second kappa shape index (κ2) is 2.48. The molecule has 0 aliphatic heterocycles. The summed E-state index contributed by atoms with van der Waals surface area (Å²) in [5, 5.41) is 3.64. The van der Waals surface area contributed by atoms with Gasteiger partial charge < -0.3 is 5.32 Å². The zero-order chi connectivity index (χ0) is 7.90. The summed E-state index contributed by atoms with van der Waals surface area (Å²) in [5.41, 5.74) is 0.840. The van der Waals surface area contributed by atoms with E-state index in [0.717, 1.165) is 11.5 Å². The van der Waals surface area contributed by atoms with Crippen molar-refractivity contribution < 1.29 is 0 Å². The lowest BCUT2D eigenvalue weighted by molar-refractivity contribution is 0.443. The lowest BCUT2D eigenvalue weighted by atomic mass is 10.1. The number of rotatable bonds is 2. The molecule has 1 unspecified atom stereocenters. The minimum Gasteiger partial charge on any atom is -0.312 e. The molecule has 2 rings (SSSR count). The van der Waals surface area contributed by atoms with E-state index in [1.165, 1.54) is 32.1 Å². The average molecular weight is 153 g/mol. The van der Waals surface area contributed by atoms with Crippen LogP contribution >= 0.6 is 0 Å². The van der Waals surface area contributed by atoms with Gasteiger partial charge in [0.05, 0.1) is 0 Å². The summed E-state index contributed by atoms with van der Waals surface area (Å²) in [5.74, 6) is 0. The van der Waals surface area contributed by atoms with Crippen molar-refractivity contribution in [1.82, 2.24) is 5.32 Å². The number of hydrogen-bond acceptors (Lipinski definition) is 1. The fraction of sp³-hybridized carbons (Fsp3) is 1.00.